The summed E-state index contributed by atoms with van der Waals surface area (Å²) in [6.45, 7) is 1.79. The van der Waals surface area contributed by atoms with Crippen molar-refractivity contribution in [1.82, 2.24) is 0 Å². The van der Waals surface area contributed by atoms with Gasteiger partial charge in [0, 0.05) is 12.0 Å². The van der Waals surface area contributed by atoms with E-state index in [0.29, 0.717) is 22.7 Å². The molecule has 64 valence electrons. The van der Waals surface area contributed by atoms with Crippen LogP contribution in [0.5, 0.6) is 0 Å². The van der Waals surface area contributed by atoms with E-state index in [-0.39, 0.29) is 5.78 Å². The number of nitrogens with two attached hydrogens (primary N) is 1. The number of benzene rings is 1. The third kappa shape index (κ3) is 1.59. The summed E-state index contributed by atoms with van der Waals surface area (Å²) in [5.74, 6) is 0.0231. The maximum absolute atomic E-state index is 11.2. The number of hydrogen-bond donors (Lipinski definition) is 1. The summed E-state index contributed by atoms with van der Waals surface area (Å²) in [4.78, 5) is 11.2. The van der Waals surface area contributed by atoms with E-state index in [9.17, 15) is 4.79 Å². The van der Waals surface area contributed by atoms with Gasteiger partial charge < -0.3 is 5.73 Å². The first-order chi connectivity index (χ1) is 5.66. The third-order valence-electron chi connectivity index (χ3n) is 1.67. The van der Waals surface area contributed by atoms with Gasteiger partial charge in [0.1, 0.15) is 0 Å². The van der Waals surface area contributed by atoms with Gasteiger partial charge in [-0.15, -0.1) is 0 Å². The molecule has 1 rings (SSSR count). The lowest BCUT2D eigenvalue weighted by Gasteiger charge is -2.03. The highest BCUT2D eigenvalue weighted by Crippen LogP contribution is 2.23. The molecule has 0 fully saturated rings. The molecule has 0 unspecified atom stereocenters. The summed E-state index contributed by atoms with van der Waals surface area (Å²) < 4.78 is 0. The van der Waals surface area contributed by atoms with E-state index >= 15 is 0 Å². The molecular formula is C9H10ClNO. The van der Waals surface area contributed by atoms with Crippen molar-refractivity contribution in [2.75, 3.05) is 5.73 Å². The van der Waals surface area contributed by atoms with Crippen LogP contribution in [0.15, 0.2) is 18.2 Å². The van der Waals surface area contributed by atoms with Crippen LogP contribution >= 0.6 is 11.6 Å². The number of hydrogen-bond acceptors (Lipinski definition) is 2. The Kier molecular flexibility index (Phi) is 2.71. The maximum atomic E-state index is 11.2. The Morgan fingerprint density at radius 1 is 1.58 bits per heavy atom. The Hall–Kier alpha value is -1.02. The highest BCUT2D eigenvalue weighted by Gasteiger charge is 2.08. The fourth-order valence-electron chi connectivity index (χ4n) is 0.971. The molecule has 0 bridgehead atoms. The first-order valence-electron chi connectivity index (χ1n) is 3.74. The standard InChI is InChI=1S/C9H10ClNO/c1-2-8(12)6-4-3-5-7(10)9(6)11/h3-5H,2,11H2,1H3. The van der Waals surface area contributed by atoms with Gasteiger partial charge in [-0.25, -0.2) is 0 Å². The molecule has 0 heterocycles. The van der Waals surface area contributed by atoms with E-state index in [2.05, 4.69) is 0 Å². The predicted molar refractivity (Wildman–Crippen MR) is 50.5 cm³/mol. The van der Waals surface area contributed by atoms with Gasteiger partial charge in [-0.1, -0.05) is 24.6 Å². The molecule has 0 saturated heterocycles. The molecule has 0 saturated carbocycles. The van der Waals surface area contributed by atoms with Gasteiger partial charge in [0.25, 0.3) is 0 Å². The summed E-state index contributed by atoms with van der Waals surface area (Å²) in [5.41, 5.74) is 6.51. The fourth-order valence-corrected chi connectivity index (χ4v) is 1.15. The molecule has 0 aliphatic heterocycles. The highest BCUT2D eigenvalue weighted by molar-refractivity contribution is 6.34. The van der Waals surface area contributed by atoms with Crippen LogP contribution in [0.4, 0.5) is 5.69 Å². The average Bonchev–Trinajstić information content (AvgIpc) is 2.08. The molecule has 0 aromatic heterocycles. The minimum absolute atomic E-state index is 0.0231. The van der Waals surface area contributed by atoms with Gasteiger partial charge in [0.05, 0.1) is 10.7 Å². The monoisotopic (exact) mass is 183 g/mol. The van der Waals surface area contributed by atoms with Gasteiger partial charge >= 0.3 is 0 Å². The number of anilines is 1. The Morgan fingerprint density at radius 2 is 2.25 bits per heavy atom. The second-order valence-electron chi connectivity index (χ2n) is 2.48. The van der Waals surface area contributed by atoms with Crippen LogP contribution in [0.1, 0.15) is 23.7 Å². The Bertz CT molecular complexity index is 309. The molecule has 0 atom stereocenters. The molecule has 0 radical (unpaired) electrons. The average molecular weight is 184 g/mol. The molecule has 0 spiro atoms. The largest absolute Gasteiger partial charge is 0.397 e. The molecule has 0 aliphatic carbocycles. The molecule has 0 aliphatic rings. The molecule has 2 N–H and O–H groups in total. The van der Waals surface area contributed by atoms with Gasteiger partial charge in [-0.2, -0.15) is 0 Å². The van der Waals surface area contributed by atoms with Crippen LogP contribution in [0.3, 0.4) is 0 Å². The first-order valence-corrected chi connectivity index (χ1v) is 4.11. The molecular weight excluding hydrogens is 174 g/mol. The number of rotatable bonds is 2. The van der Waals surface area contributed by atoms with Crippen LogP contribution in [0.25, 0.3) is 0 Å². The molecule has 1 aromatic carbocycles. The maximum Gasteiger partial charge on any atom is 0.164 e. The number of para-hydroxylation sites is 1. The summed E-state index contributed by atoms with van der Waals surface area (Å²) in [7, 11) is 0. The molecule has 0 amide bonds. The van der Waals surface area contributed by atoms with Crippen molar-refractivity contribution < 1.29 is 4.79 Å². The van der Waals surface area contributed by atoms with Crippen molar-refractivity contribution in [3.8, 4) is 0 Å². The van der Waals surface area contributed by atoms with Gasteiger partial charge in [0.15, 0.2) is 5.78 Å². The molecule has 2 nitrogen and oxygen atoms in total. The van der Waals surface area contributed by atoms with Gasteiger partial charge in [-0.05, 0) is 12.1 Å². The summed E-state index contributed by atoms with van der Waals surface area (Å²) >= 11 is 5.74. The van der Waals surface area contributed by atoms with Crippen LogP contribution < -0.4 is 5.73 Å². The number of carbonyl (C=O) groups is 1. The second-order valence-corrected chi connectivity index (χ2v) is 2.89. The molecule has 3 heteroatoms. The summed E-state index contributed by atoms with van der Waals surface area (Å²) in [5, 5.41) is 0.439. The first kappa shape index (κ1) is 9.07. The van der Waals surface area contributed by atoms with Crippen molar-refractivity contribution in [3.05, 3.63) is 28.8 Å². The van der Waals surface area contributed by atoms with Crippen LogP contribution in [0.2, 0.25) is 5.02 Å². The van der Waals surface area contributed by atoms with E-state index in [0.717, 1.165) is 0 Å². The van der Waals surface area contributed by atoms with E-state index < -0.39 is 0 Å². The normalized spacial score (nSPS) is 9.83. The van der Waals surface area contributed by atoms with Gasteiger partial charge in [0.2, 0.25) is 0 Å². The number of carbonyl (C=O) groups excluding carboxylic acids is 1. The quantitative estimate of drug-likeness (QED) is 0.566. The van der Waals surface area contributed by atoms with Crippen LogP contribution in [0, 0.1) is 0 Å². The number of ketones is 1. The lowest BCUT2D eigenvalue weighted by Crippen LogP contribution is -2.02. The highest BCUT2D eigenvalue weighted by atomic mass is 35.5. The van der Waals surface area contributed by atoms with Crippen molar-refractivity contribution in [1.29, 1.82) is 0 Å². The van der Waals surface area contributed by atoms with Crippen molar-refractivity contribution in [2.24, 2.45) is 0 Å². The van der Waals surface area contributed by atoms with E-state index in [1.807, 2.05) is 0 Å². The zero-order valence-corrected chi connectivity index (χ0v) is 7.56. The molecule has 12 heavy (non-hydrogen) atoms. The minimum Gasteiger partial charge on any atom is -0.397 e. The topological polar surface area (TPSA) is 43.1 Å². The smallest absolute Gasteiger partial charge is 0.164 e. The Balaban J connectivity index is 3.16. The van der Waals surface area contributed by atoms with Crippen LogP contribution in [-0.2, 0) is 0 Å². The lowest BCUT2D eigenvalue weighted by atomic mass is 10.1. The van der Waals surface area contributed by atoms with Crippen LogP contribution in [-0.4, -0.2) is 5.78 Å². The second kappa shape index (κ2) is 3.59. The number of Topliss-reactive ketones (excluding diaryl/α,β-unsaturated/α-hetero) is 1. The van der Waals surface area contributed by atoms with Gasteiger partial charge in [-0.3, -0.25) is 4.79 Å². The lowest BCUT2D eigenvalue weighted by molar-refractivity contribution is 0.0989. The fraction of sp³-hybridized carbons (Fsp3) is 0.222. The summed E-state index contributed by atoms with van der Waals surface area (Å²) in [6.07, 6.45) is 0.449. The van der Waals surface area contributed by atoms with Crippen molar-refractivity contribution in [3.63, 3.8) is 0 Å². The van der Waals surface area contributed by atoms with E-state index in [1.54, 1.807) is 25.1 Å². The minimum atomic E-state index is 0.0231. The number of nitrogen functional groups attached to an aromatic ring is 1. The Morgan fingerprint density at radius 3 is 2.83 bits per heavy atom. The number of halogens is 1. The zero-order chi connectivity index (χ0) is 9.14. The SMILES string of the molecule is CCC(=O)c1cccc(Cl)c1N. The predicted octanol–water partition coefficient (Wildman–Crippen LogP) is 2.51. The van der Waals surface area contributed by atoms with E-state index in [1.165, 1.54) is 0 Å². The van der Waals surface area contributed by atoms with E-state index in [4.69, 9.17) is 17.3 Å². The van der Waals surface area contributed by atoms with Crippen molar-refractivity contribution >= 4 is 23.1 Å². The summed E-state index contributed by atoms with van der Waals surface area (Å²) in [6, 6.07) is 5.08. The van der Waals surface area contributed by atoms with Crippen molar-refractivity contribution in [2.45, 2.75) is 13.3 Å². The third-order valence-corrected chi connectivity index (χ3v) is 2.00. The zero-order valence-electron chi connectivity index (χ0n) is 6.80. The Labute approximate surface area is 76.3 Å². The molecule has 1 aromatic rings.